The second-order valence-corrected chi connectivity index (χ2v) is 6.56. The molecule has 1 fully saturated rings. The minimum Gasteiger partial charge on any atom is -0.508 e. The van der Waals surface area contributed by atoms with Crippen LogP contribution in [0.3, 0.4) is 0 Å². The molecule has 3 rings (SSSR count). The van der Waals surface area contributed by atoms with E-state index in [9.17, 15) is 30.1 Å². The maximum Gasteiger partial charge on any atom is 0.273 e. The van der Waals surface area contributed by atoms with Crippen LogP contribution in [0.1, 0.15) is 22.1 Å². The molecule has 2 aromatic rings. The molecule has 0 bridgehead atoms. The van der Waals surface area contributed by atoms with Gasteiger partial charge in [0.25, 0.3) is 5.91 Å². The van der Waals surface area contributed by atoms with E-state index in [1.54, 1.807) is 0 Å². The third-order valence-electron chi connectivity index (χ3n) is 4.66. The number of benzene rings is 1. The number of nitrogens with one attached hydrogen (secondary N) is 1. The third-order valence-corrected chi connectivity index (χ3v) is 4.66. The zero-order chi connectivity index (χ0) is 21.8. The Balaban J connectivity index is 1.87. The third kappa shape index (κ3) is 4.23. The van der Waals surface area contributed by atoms with Crippen molar-refractivity contribution in [1.82, 2.24) is 20.3 Å². The molecule has 30 heavy (non-hydrogen) atoms. The molecule has 1 aliphatic rings. The standard InChI is InChI=1S/C17H21N5O8/c1-18-16(27)10-6-22(21-20-10)13-14(25)12(7-23)30-17(15(13)26)29-9-2-3-11(24)8(4-9)5-19-28/h2-4,6,12-15,17,23-26H,5,7H2,1H3,(H,18,27)/t12-,13+,14+,15-,17-/m1/s1. The monoisotopic (exact) mass is 423 g/mol. The van der Waals surface area contributed by atoms with Gasteiger partial charge < -0.3 is 35.2 Å². The summed E-state index contributed by atoms with van der Waals surface area (Å²) in [6.07, 6.45) is -4.13. The molecular weight excluding hydrogens is 402 g/mol. The van der Waals surface area contributed by atoms with Gasteiger partial charge in [-0.15, -0.1) is 5.10 Å². The van der Waals surface area contributed by atoms with Crippen LogP contribution in [0.25, 0.3) is 0 Å². The highest BCUT2D eigenvalue weighted by Gasteiger charge is 2.47. The van der Waals surface area contributed by atoms with Crippen molar-refractivity contribution in [1.29, 1.82) is 0 Å². The van der Waals surface area contributed by atoms with E-state index in [2.05, 4.69) is 20.8 Å². The van der Waals surface area contributed by atoms with Gasteiger partial charge in [0.05, 0.1) is 12.8 Å². The summed E-state index contributed by atoms with van der Waals surface area (Å²) in [5.74, 6) is -0.519. The van der Waals surface area contributed by atoms with Gasteiger partial charge >= 0.3 is 0 Å². The lowest BCUT2D eigenvalue weighted by atomic mass is 9.96. The van der Waals surface area contributed by atoms with E-state index in [0.29, 0.717) is 0 Å². The number of aromatic nitrogens is 3. The molecule has 1 saturated heterocycles. The van der Waals surface area contributed by atoms with Crippen LogP contribution in [0.5, 0.6) is 11.5 Å². The Hall–Kier alpha value is -3.13. The Labute approximate surface area is 169 Å². The highest BCUT2D eigenvalue weighted by atomic mass is 16.7. The molecule has 0 saturated carbocycles. The largest absolute Gasteiger partial charge is 0.508 e. The summed E-state index contributed by atoms with van der Waals surface area (Å²) >= 11 is 0. The number of amides is 1. The average molecular weight is 423 g/mol. The number of rotatable bonds is 7. The van der Waals surface area contributed by atoms with Crippen molar-refractivity contribution in [2.75, 3.05) is 13.7 Å². The summed E-state index contributed by atoms with van der Waals surface area (Å²) in [6, 6.07) is 2.86. The predicted octanol–water partition coefficient (Wildman–Crippen LogP) is -1.33. The van der Waals surface area contributed by atoms with Gasteiger partial charge in [0.2, 0.25) is 6.29 Å². The van der Waals surface area contributed by atoms with Crippen LogP contribution in [0, 0.1) is 4.91 Å². The van der Waals surface area contributed by atoms with Gasteiger partial charge in [-0.2, -0.15) is 4.91 Å². The van der Waals surface area contributed by atoms with Crippen LogP contribution < -0.4 is 10.1 Å². The molecule has 162 valence electrons. The van der Waals surface area contributed by atoms with Crippen molar-refractivity contribution in [3.63, 3.8) is 0 Å². The topological polar surface area (TPSA) is 189 Å². The van der Waals surface area contributed by atoms with Crippen molar-refractivity contribution >= 4 is 5.91 Å². The van der Waals surface area contributed by atoms with Crippen molar-refractivity contribution in [3.8, 4) is 11.5 Å². The summed E-state index contributed by atoms with van der Waals surface area (Å²) in [6.45, 7) is -0.879. The highest BCUT2D eigenvalue weighted by Crippen LogP contribution is 2.32. The number of ether oxygens (including phenoxy) is 2. The molecule has 2 heterocycles. The fourth-order valence-corrected chi connectivity index (χ4v) is 3.10. The van der Waals surface area contributed by atoms with Gasteiger partial charge in [-0.25, -0.2) is 4.68 Å². The second kappa shape index (κ2) is 9.13. The highest BCUT2D eigenvalue weighted by molar-refractivity contribution is 5.91. The van der Waals surface area contributed by atoms with Crippen LogP contribution in [0.15, 0.2) is 29.6 Å². The molecule has 13 heteroatoms. The quantitative estimate of drug-likeness (QED) is 0.334. The van der Waals surface area contributed by atoms with Crippen LogP contribution in [0.4, 0.5) is 0 Å². The minimum atomic E-state index is -1.48. The molecule has 1 aromatic carbocycles. The second-order valence-electron chi connectivity index (χ2n) is 6.56. The van der Waals surface area contributed by atoms with Gasteiger partial charge in [-0.05, 0) is 18.2 Å². The molecule has 1 amide bonds. The van der Waals surface area contributed by atoms with Crippen LogP contribution in [-0.4, -0.2) is 79.6 Å². The minimum absolute atomic E-state index is 0.0362. The summed E-state index contributed by atoms with van der Waals surface area (Å²) in [5, 5.41) is 53.2. The lowest BCUT2D eigenvalue weighted by Gasteiger charge is -2.41. The number of aliphatic hydroxyl groups is 3. The van der Waals surface area contributed by atoms with Gasteiger partial charge in [0.1, 0.15) is 42.4 Å². The number of hydrogen-bond acceptors (Lipinski definition) is 11. The maximum atomic E-state index is 11.7. The van der Waals surface area contributed by atoms with Crippen molar-refractivity contribution in [3.05, 3.63) is 40.6 Å². The Kier molecular flexibility index (Phi) is 6.56. The van der Waals surface area contributed by atoms with Crippen molar-refractivity contribution < 1.29 is 34.7 Å². The molecule has 13 nitrogen and oxygen atoms in total. The number of aliphatic hydroxyl groups excluding tert-OH is 3. The van der Waals surface area contributed by atoms with E-state index < -0.39 is 43.2 Å². The van der Waals surface area contributed by atoms with Crippen molar-refractivity contribution in [2.45, 2.75) is 37.2 Å². The Morgan fingerprint density at radius 3 is 2.80 bits per heavy atom. The summed E-state index contributed by atoms with van der Waals surface area (Å²) in [7, 11) is 1.41. The number of carbonyl (C=O) groups excluding carboxylic acids is 1. The Morgan fingerprint density at radius 1 is 1.37 bits per heavy atom. The first-order valence-corrected chi connectivity index (χ1v) is 8.93. The summed E-state index contributed by atoms with van der Waals surface area (Å²) < 4.78 is 12.2. The maximum absolute atomic E-state index is 11.7. The number of phenolic OH excluding ortho intramolecular Hbond substituents is 1. The van der Waals surface area contributed by atoms with E-state index in [1.165, 1.54) is 31.4 Å². The van der Waals surface area contributed by atoms with E-state index in [4.69, 9.17) is 9.47 Å². The zero-order valence-electron chi connectivity index (χ0n) is 15.8. The van der Waals surface area contributed by atoms with E-state index in [0.717, 1.165) is 4.68 Å². The molecular formula is C17H21N5O8. The first-order valence-electron chi connectivity index (χ1n) is 8.93. The molecule has 0 aliphatic carbocycles. The Morgan fingerprint density at radius 2 is 2.13 bits per heavy atom. The smallest absolute Gasteiger partial charge is 0.273 e. The van der Waals surface area contributed by atoms with Crippen LogP contribution in [0.2, 0.25) is 0 Å². The number of nitrogens with zero attached hydrogens (tertiary/aromatic N) is 4. The first kappa shape index (κ1) is 21.6. The average Bonchev–Trinajstić information content (AvgIpc) is 3.22. The number of hydrogen-bond donors (Lipinski definition) is 5. The summed E-state index contributed by atoms with van der Waals surface area (Å²) in [5.41, 5.74) is 0.167. The molecule has 0 unspecified atom stereocenters. The van der Waals surface area contributed by atoms with E-state index in [1.807, 2.05) is 0 Å². The lowest BCUT2D eigenvalue weighted by molar-refractivity contribution is -0.260. The van der Waals surface area contributed by atoms with Gasteiger partial charge in [-0.1, -0.05) is 10.4 Å². The summed E-state index contributed by atoms with van der Waals surface area (Å²) in [4.78, 5) is 22.2. The molecule has 5 atom stereocenters. The fraction of sp³-hybridized carbons (Fsp3) is 0.471. The van der Waals surface area contributed by atoms with Gasteiger partial charge in [0.15, 0.2) is 5.69 Å². The lowest BCUT2D eigenvalue weighted by Crippen LogP contribution is -2.57. The predicted molar refractivity (Wildman–Crippen MR) is 98.4 cm³/mol. The van der Waals surface area contributed by atoms with E-state index >= 15 is 0 Å². The van der Waals surface area contributed by atoms with Gasteiger partial charge in [0, 0.05) is 12.6 Å². The number of aromatic hydroxyl groups is 1. The fourth-order valence-electron chi connectivity index (χ4n) is 3.10. The van der Waals surface area contributed by atoms with Crippen LogP contribution >= 0.6 is 0 Å². The number of carbonyl (C=O) groups is 1. The molecule has 5 N–H and O–H groups in total. The SMILES string of the molecule is CNC(=O)c1cn([C@H]2[C@@H](O)[C@@H](CO)O[C@@H](Oc3ccc(O)c(CN=O)c3)[C@@H]2O)nn1. The van der Waals surface area contributed by atoms with Crippen LogP contribution in [-0.2, 0) is 11.3 Å². The van der Waals surface area contributed by atoms with E-state index in [-0.39, 0.29) is 29.3 Å². The number of nitroso groups, excluding NO2 is 1. The first-order chi connectivity index (χ1) is 14.4. The normalized spacial score (nSPS) is 26.2. The zero-order valence-corrected chi connectivity index (χ0v) is 15.8. The van der Waals surface area contributed by atoms with Crippen molar-refractivity contribution in [2.24, 2.45) is 5.18 Å². The molecule has 0 radical (unpaired) electrons. The molecule has 0 spiro atoms. The molecule has 1 aromatic heterocycles. The number of phenols is 1. The molecule has 1 aliphatic heterocycles. The van der Waals surface area contributed by atoms with Gasteiger partial charge in [-0.3, -0.25) is 4.79 Å². The Bertz CT molecular complexity index is 906.